The first kappa shape index (κ1) is 17.7. The van der Waals surface area contributed by atoms with E-state index in [1.165, 1.54) is 0 Å². The van der Waals surface area contributed by atoms with Gasteiger partial charge >= 0.3 is 0 Å². The van der Waals surface area contributed by atoms with Crippen LogP contribution in [-0.4, -0.2) is 20.0 Å². The van der Waals surface area contributed by atoms with Gasteiger partial charge in [-0.3, -0.25) is 4.79 Å². The second kappa shape index (κ2) is 7.12. The number of fused-ring (bicyclic) bond motifs is 1. The van der Waals surface area contributed by atoms with E-state index in [0.29, 0.717) is 11.3 Å². The zero-order valence-electron chi connectivity index (χ0n) is 15.9. The Bertz CT molecular complexity index is 1050. The molecule has 5 nitrogen and oxygen atoms in total. The summed E-state index contributed by atoms with van der Waals surface area (Å²) in [4.78, 5) is 14.9. The lowest BCUT2D eigenvalue weighted by molar-refractivity contribution is -0.110. The number of nitrogens with zero attached hydrogens (tertiary/aromatic N) is 1. The van der Waals surface area contributed by atoms with E-state index in [1.807, 2.05) is 85.7 Å². The van der Waals surface area contributed by atoms with Gasteiger partial charge in [0.1, 0.15) is 0 Å². The molecule has 0 aromatic heterocycles. The topological polar surface area (TPSA) is 70.4 Å². The summed E-state index contributed by atoms with van der Waals surface area (Å²) in [6.07, 6.45) is 0. The normalized spacial score (nSPS) is 14.3. The zero-order valence-corrected chi connectivity index (χ0v) is 15.9. The van der Waals surface area contributed by atoms with E-state index in [-0.39, 0.29) is 5.91 Å². The molecule has 0 bridgehead atoms. The molecular weight excluding hydrogens is 348 g/mol. The fourth-order valence-electron chi connectivity index (χ4n) is 3.30. The van der Waals surface area contributed by atoms with Gasteiger partial charge in [-0.2, -0.15) is 0 Å². The maximum absolute atomic E-state index is 12.8. The lowest BCUT2D eigenvalue weighted by Gasteiger charge is -2.17. The number of hydrogen-bond donors (Lipinski definition) is 3. The predicted molar refractivity (Wildman–Crippen MR) is 117 cm³/mol. The molecule has 140 valence electrons. The summed E-state index contributed by atoms with van der Waals surface area (Å²) in [6, 6.07) is 23.4. The second-order valence-corrected chi connectivity index (χ2v) is 6.94. The van der Waals surface area contributed by atoms with Crippen LogP contribution in [0.2, 0.25) is 0 Å². The third-order valence-electron chi connectivity index (χ3n) is 4.75. The predicted octanol–water partition coefficient (Wildman–Crippen LogP) is 4.27. The highest BCUT2D eigenvalue weighted by Crippen LogP contribution is 2.38. The van der Waals surface area contributed by atoms with E-state index in [2.05, 4.69) is 10.6 Å². The Hall–Kier alpha value is -3.73. The number of hydrogen-bond acceptors (Lipinski definition) is 4. The van der Waals surface area contributed by atoms with Gasteiger partial charge in [-0.25, -0.2) is 0 Å². The fourth-order valence-corrected chi connectivity index (χ4v) is 3.30. The number of amides is 1. The van der Waals surface area contributed by atoms with E-state index in [0.717, 1.165) is 33.9 Å². The Morgan fingerprint density at radius 2 is 1.68 bits per heavy atom. The molecule has 0 atom stereocenters. The highest BCUT2D eigenvalue weighted by Gasteiger charge is 2.28. The number of nitrogens with two attached hydrogens (primary N) is 1. The quantitative estimate of drug-likeness (QED) is 0.474. The number of nitrogen functional groups attached to an aromatic ring is 1. The Kier molecular flexibility index (Phi) is 4.49. The smallest absolute Gasteiger partial charge is 0.258 e. The lowest BCUT2D eigenvalue weighted by Crippen LogP contribution is -2.11. The van der Waals surface area contributed by atoms with Crippen LogP contribution in [-0.2, 0) is 4.79 Å². The van der Waals surface area contributed by atoms with Crippen molar-refractivity contribution in [2.45, 2.75) is 0 Å². The molecule has 3 aromatic rings. The summed E-state index contributed by atoms with van der Waals surface area (Å²) in [6.45, 7) is 0. The summed E-state index contributed by atoms with van der Waals surface area (Å²) < 4.78 is 0. The van der Waals surface area contributed by atoms with Crippen LogP contribution in [0.25, 0.3) is 11.3 Å². The molecule has 4 N–H and O–H groups in total. The van der Waals surface area contributed by atoms with Crippen LogP contribution in [0.3, 0.4) is 0 Å². The molecule has 1 amide bonds. The summed E-state index contributed by atoms with van der Waals surface area (Å²) in [7, 11) is 4.01. The average Bonchev–Trinajstić information content (AvgIpc) is 3.02. The largest absolute Gasteiger partial charge is 0.399 e. The zero-order chi connectivity index (χ0) is 19.7. The minimum absolute atomic E-state index is 0.142. The standard InChI is InChI=1S/C23H22N4O/c1-27(2)18-11-9-17(10-12-18)25-22(15-6-4-3-5-7-15)21-19-14-16(24)8-13-20(19)26-23(21)28/h3-14,25H,24H2,1-2H3,(H,26,28). The van der Waals surface area contributed by atoms with Crippen LogP contribution in [0.1, 0.15) is 11.1 Å². The molecule has 3 aromatic carbocycles. The van der Waals surface area contributed by atoms with Crippen molar-refractivity contribution in [2.75, 3.05) is 35.4 Å². The number of rotatable bonds is 4. The molecule has 0 radical (unpaired) electrons. The molecule has 4 rings (SSSR count). The highest BCUT2D eigenvalue weighted by atomic mass is 16.2. The van der Waals surface area contributed by atoms with Crippen LogP contribution < -0.4 is 21.3 Å². The highest BCUT2D eigenvalue weighted by molar-refractivity contribution is 6.37. The van der Waals surface area contributed by atoms with Crippen molar-refractivity contribution in [1.29, 1.82) is 0 Å². The van der Waals surface area contributed by atoms with E-state index >= 15 is 0 Å². The van der Waals surface area contributed by atoms with Crippen LogP contribution in [0.15, 0.2) is 72.8 Å². The van der Waals surface area contributed by atoms with E-state index in [9.17, 15) is 4.79 Å². The van der Waals surface area contributed by atoms with Gasteiger partial charge in [-0.05, 0) is 48.0 Å². The minimum atomic E-state index is -0.142. The maximum Gasteiger partial charge on any atom is 0.258 e. The molecule has 5 heteroatoms. The third-order valence-corrected chi connectivity index (χ3v) is 4.75. The first-order chi connectivity index (χ1) is 13.5. The Morgan fingerprint density at radius 1 is 0.964 bits per heavy atom. The third kappa shape index (κ3) is 3.30. The summed E-state index contributed by atoms with van der Waals surface area (Å²) >= 11 is 0. The van der Waals surface area contributed by atoms with Gasteiger partial charge in [0, 0.05) is 42.4 Å². The van der Waals surface area contributed by atoms with Crippen molar-refractivity contribution >= 4 is 39.9 Å². The number of carbonyl (C=O) groups excluding carboxylic acids is 1. The molecular formula is C23H22N4O. The van der Waals surface area contributed by atoms with Crippen LogP contribution in [0.4, 0.5) is 22.7 Å². The van der Waals surface area contributed by atoms with Crippen LogP contribution in [0, 0.1) is 0 Å². The van der Waals surface area contributed by atoms with Crippen LogP contribution in [0.5, 0.6) is 0 Å². The Balaban J connectivity index is 1.85. The fraction of sp³-hybridized carbons (Fsp3) is 0.0870. The average molecular weight is 370 g/mol. The van der Waals surface area contributed by atoms with E-state index in [4.69, 9.17) is 5.73 Å². The first-order valence-electron chi connectivity index (χ1n) is 9.08. The molecule has 0 unspecified atom stereocenters. The van der Waals surface area contributed by atoms with Crippen LogP contribution >= 0.6 is 0 Å². The second-order valence-electron chi connectivity index (χ2n) is 6.94. The van der Waals surface area contributed by atoms with Gasteiger partial charge in [0.2, 0.25) is 0 Å². The number of anilines is 4. The van der Waals surface area contributed by atoms with E-state index < -0.39 is 0 Å². The monoisotopic (exact) mass is 370 g/mol. The summed E-state index contributed by atoms with van der Waals surface area (Å²) in [5.74, 6) is -0.142. The van der Waals surface area contributed by atoms with Crippen molar-refractivity contribution in [3.63, 3.8) is 0 Å². The van der Waals surface area contributed by atoms with Gasteiger partial charge in [0.05, 0.1) is 11.3 Å². The van der Waals surface area contributed by atoms with Gasteiger partial charge in [0.25, 0.3) is 5.91 Å². The van der Waals surface area contributed by atoms with Crippen molar-refractivity contribution in [1.82, 2.24) is 0 Å². The molecule has 0 saturated carbocycles. The molecule has 0 aliphatic carbocycles. The van der Waals surface area contributed by atoms with Crippen molar-refractivity contribution in [3.8, 4) is 0 Å². The molecule has 0 fully saturated rings. The Morgan fingerprint density at radius 3 is 2.36 bits per heavy atom. The summed E-state index contributed by atoms with van der Waals surface area (Å²) in [5, 5.41) is 6.39. The van der Waals surface area contributed by atoms with Crippen molar-refractivity contribution in [3.05, 3.63) is 83.9 Å². The lowest BCUT2D eigenvalue weighted by atomic mass is 9.99. The molecule has 28 heavy (non-hydrogen) atoms. The van der Waals surface area contributed by atoms with Crippen molar-refractivity contribution < 1.29 is 4.79 Å². The molecule has 1 heterocycles. The van der Waals surface area contributed by atoms with E-state index in [1.54, 1.807) is 6.07 Å². The Labute approximate surface area is 164 Å². The van der Waals surface area contributed by atoms with Gasteiger partial charge in [-0.15, -0.1) is 0 Å². The first-order valence-corrected chi connectivity index (χ1v) is 9.08. The molecule has 0 saturated heterocycles. The number of benzene rings is 3. The minimum Gasteiger partial charge on any atom is -0.399 e. The summed E-state index contributed by atoms with van der Waals surface area (Å²) in [5.41, 5.74) is 12.5. The van der Waals surface area contributed by atoms with Gasteiger partial charge in [0.15, 0.2) is 0 Å². The molecule has 1 aliphatic rings. The maximum atomic E-state index is 12.8. The van der Waals surface area contributed by atoms with Gasteiger partial charge in [-0.1, -0.05) is 30.3 Å². The van der Waals surface area contributed by atoms with Gasteiger partial charge < -0.3 is 21.3 Å². The molecule has 1 aliphatic heterocycles. The number of nitrogens with one attached hydrogen (secondary N) is 2. The SMILES string of the molecule is CN(C)c1ccc(NC(=C2C(=O)Nc3ccc(N)cc32)c2ccccc2)cc1. The van der Waals surface area contributed by atoms with Crippen molar-refractivity contribution in [2.24, 2.45) is 0 Å². The number of carbonyl (C=O) groups is 1. The molecule has 0 spiro atoms.